The molecule has 1 aromatic heterocycles. The molecule has 2 rings (SSSR count). The fraction of sp³-hybridized carbons (Fsp3) is 0. The Balaban J connectivity index is 2.11. The van der Waals surface area contributed by atoms with Crippen LogP contribution in [0.1, 0.15) is 10.4 Å². The number of carbonyl (C=O) groups excluding carboxylic acids is 1. The minimum absolute atomic E-state index is 0.190. The molecule has 0 aliphatic rings. The molecule has 0 radical (unpaired) electrons. The van der Waals surface area contributed by atoms with Crippen molar-refractivity contribution in [3.8, 4) is 0 Å². The molecule has 0 saturated heterocycles. The summed E-state index contributed by atoms with van der Waals surface area (Å²) >= 11 is 0.870. The van der Waals surface area contributed by atoms with E-state index in [2.05, 4.69) is 10.3 Å². The summed E-state index contributed by atoms with van der Waals surface area (Å²) in [6.07, 6.45) is 0. The summed E-state index contributed by atoms with van der Waals surface area (Å²) in [7, 11) is 0. The number of anilines is 1. The molecule has 7 heteroatoms. The molecule has 1 N–H and O–H groups in total. The number of hydrogen-bond donors (Lipinski definition) is 1. The van der Waals surface area contributed by atoms with E-state index in [1.807, 2.05) is 0 Å². The minimum atomic E-state index is -0.594. The standard InChI is InChI=1S/C10H7N3O3S/c14-9(7-4-2-1-3-5-7)11-8-6-17-10(12-8)13(15)16/h1-6H,(H,11,14). The summed E-state index contributed by atoms with van der Waals surface area (Å²) in [4.78, 5) is 25.2. The average molecular weight is 249 g/mol. The fourth-order valence-corrected chi connectivity index (χ4v) is 1.75. The topological polar surface area (TPSA) is 85.1 Å². The Labute approximate surface area is 100 Å². The van der Waals surface area contributed by atoms with Crippen molar-refractivity contribution in [3.05, 3.63) is 51.4 Å². The van der Waals surface area contributed by atoms with Gasteiger partial charge in [-0.1, -0.05) is 18.2 Å². The molecule has 86 valence electrons. The van der Waals surface area contributed by atoms with Crippen LogP contribution >= 0.6 is 11.3 Å². The summed E-state index contributed by atoms with van der Waals surface area (Å²) in [6.45, 7) is 0. The quantitative estimate of drug-likeness (QED) is 0.668. The Kier molecular flexibility index (Phi) is 3.10. The molecule has 0 fully saturated rings. The molecule has 0 unspecified atom stereocenters. The second-order valence-corrected chi connectivity index (χ2v) is 3.93. The van der Waals surface area contributed by atoms with Gasteiger partial charge in [-0.15, -0.1) is 0 Å². The number of rotatable bonds is 3. The zero-order chi connectivity index (χ0) is 12.3. The van der Waals surface area contributed by atoms with Crippen molar-refractivity contribution in [2.45, 2.75) is 0 Å². The van der Waals surface area contributed by atoms with Gasteiger partial charge in [0, 0.05) is 5.56 Å². The van der Waals surface area contributed by atoms with Gasteiger partial charge in [0.25, 0.3) is 11.7 Å². The van der Waals surface area contributed by atoms with Gasteiger partial charge < -0.3 is 10.1 Å². The normalized spacial score (nSPS) is 9.88. The van der Waals surface area contributed by atoms with Crippen LogP contribution in [0.2, 0.25) is 0 Å². The van der Waals surface area contributed by atoms with Gasteiger partial charge >= 0.3 is 5.13 Å². The molecular formula is C10H7N3O3S. The predicted octanol–water partition coefficient (Wildman–Crippen LogP) is 2.30. The molecule has 0 saturated carbocycles. The third kappa shape index (κ3) is 2.64. The van der Waals surface area contributed by atoms with Gasteiger partial charge in [-0.25, -0.2) is 0 Å². The van der Waals surface area contributed by atoms with Gasteiger partial charge in [0.15, 0.2) is 0 Å². The van der Waals surface area contributed by atoms with Gasteiger partial charge in [0.05, 0.1) is 5.38 Å². The number of nitro groups is 1. The first-order valence-electron chi connectivity index (χ1n) is 4.63. The van der Waals surface area contributed by atoms with E-state index in [1.54, 1.807) is 30.3 Å². The van der Waals surface area contributed by atoms with Gasteiger partial charge in [-0.2, -0.15) is 0 Å². The van der Waals surface area contributed by atoms with E-state index in [0.29, 0.717) is 5.56 Å². The molecule has 0 aliphatic heterocycles. The third-order valence-corrected chi connectivity index (χ3v) is 2.72. The molecule has 0 spiro atoms. The number of carbonyl (C=O) groups is 1. The molecule has 0 aliphatic carbocycles. The van der Waals surface area contributed by atoms with Crippen molar-refractivity contribution >= 4 is 28.2 Å². The number of aromatic nitrogens is 1. The molecule has 0 bridgehead atoms. The second-order valence-electron chi connectivity index (χ2n) is 3.09. The largest absolute Gasteiger partial charge is 0.425 e. The Morgan fingerprint density at radius 2 is 2.06 bits per heavy atom. The summed E-state index contributed by atoms with van der Waals surface area (Å²) < 4.78 is 0. The highest BCUT2D eigenvalue weighted by Crippen LogP contribution is 2.21. The maximum atomic E-state index is 11.7. The third-order valence-electron chi connectivity index (χ3n) is 1.93. The summed E-state index contributed by atoms with van der Waals surface area (Å²) in [5, 5.41) is 14.1. The van der Waals surface area contributed by atoms with Crippen LogP contribution in [0.5, 0.6) is 0 Å². The lowest BCUT2D eigenvalue weighted by Gasteiger charge is -1.98. The van der Waals surface area contributed by atoms with Gasteiger partial charge in [-0.3, -0.25) is 10.1 Å². The van der Waals surface area contributed by atoms with Crippen molar-refractivity contribution < 1.29 is 9.72 Å². The molecule has 17 heavy (non-hydrogen) atoms. The molecule has 1 amide bonds. The first kappa shape index (κ1) is 11.2. The zero-order valence-electron chi connectivity index (χ0n) is 8.49. The Hall–Kier alpha value is -2.28. The smallest absolute Gasteiger partial charge is 0.357 e. The first-order chi connectivity index (χ1) is 8.16. The predicted molar refractivity (Wildman–Crippen MR) is 63.2 cm³/mol. The maximum Gasteiger partial charge on any atom is 0.425 e. The number of nitrogens with one attached hydrogen (secondary N) is 1. The lowest BCUT2D eigenvalue weighted by Crippen LogP contribution is -2.11. The van der Waals surface area contributed by atoms with Crippen LogP contribution < -0.4 is 5.32 Å². The van der Waals surface area contributed by atoms with Crippen molar-refractivity contribution in [3.63, 3.8) is 0 Å². The number of thiazole rings is 1. The van der Waals surface area contributed by atoms with Crippen molar-refractivity contribution in [2.75, 3.05) is 5.32 Å². The average Bonchev–Trinajstić information content (AvgIpc) is 2.79. The number of nitrogens with zero attached hydrogens (tertiary/aromatic N) is 2. The van der Waals surface area contributed by atoms with Gasteiger partial charge in [0.2, 0.25) is 0 Å². The monoisotopic (exact) mass is 249 g/mol. The highest BCUT2D eigenvalue weighted by molar-refractivity contribution is 7.13. The molecular weight excluding hydrogens is 242 g/mol. The number of hydrogen-bond acceptors (Lipinski definition) is 5. The van der Waals surface area contributed by atoms with Crippen LogP contribution in [0.15, 0.2) is 35.7 Å². The summed E-state index contributed by atoms with van der Waals surface area (Å²) in [5.74, 6) is -0.152. The van der Waals surface area contributed by atoms with Crippen molar-refractivity contribution in [2.24, 2.45) is 0 Å². The Morgan fingerprint density at radius 3 is 2.65 bits per heavy atom. The SMILES string of the molecule is O=C(Nc1csc([N+](=O)[O-])n1)c1ccccc1. The highest BCUT2D eigenvalue weighted by Gasteiger charge is 2.16. The number of benzene rings is 1. The van der Waals surface area contributed by atoms with Gasteiger partial charge in [-0.05, 0) is 33.4 Å². The fourth-order valence-electron chi connectivity index (χ4n) is 1.18. The summed E-state index contributed by atoms with van der Waals surface area (Å²) in [5.41, 5.74) is 0.475. The van der Waals surface area contributed by atoms with Crippen LogP contribution in [0.4, 0.5) is 10.9 Å². The Bertz CT molecular complexity index is 553. The molecule has 1 aromatic carbocycles. The van der Waals surface area contributed by atoms with Crippen LogP contribution in [0.3, 0.4) is 0 Å². The Morgan fingerprint density at radius 1 is 1.35 bits per heavy atom. The van der Waals surface area contributed by atoms with Crippen LogP contribution in [-0.2, 0) is 0 Å². The first-order valence-corrected chi connectivity index (χ1v) is 5.51. The van der Waals surface area contributed by atoms with Crippen molar-refractivity contribution in [1.29, 1.82) is 0 Å². The lowest BCUT2D eigenvalue weighted by atomic mass is 10.2. The molecule has 6 nitrogen and oxygen atoms in total. The second kappa shape index (κ2) is 4.71. The molecule has 1 heterocycles. The van der Waals surface area contributed by atoms with E-state index in [1.165, 1.54) is 5.38 Å². The van der Waals surface area contributed by atoms with E-state index in [0.717, 1.165) is 11.3 Å². The van der Waals surface area contributed by atoms with Crippen LogP contribution in [0.25, 0.3) is 0 Å². The van der Waals surface area contributed by atoms with E-state index in [9.17, 15) is 14.9 Å². The maximum absolute atomic E-state index is 11.7. The van der Waals surface area contributed by atoms with Gasteiger partial charge in [0.1, 0.15) is 0 Å². The molecule has 2 aromatic rings. The minimum Gasteiger partial charge on any atom is -0.357 e. The molecule has 0 atom stereocenters. The van der Waals surface area contributed by atoms with E-state index >= 15 is 0 Å². The number of amides is 1. The van der Waals surface area contributed by atoms with E-state index < -0.39 is 4.92 Å². The van der Waals surface area contributed by atoms with E-state index in [4.69, 9.17) is 0 Å². The highest BCUT2D eigenvalue weighted by atomic mass is 32.1. The summed E-state index contributed by atoms with van der Waals surface area (Å²) in [6, 6.07) is 8.56. The van der Waals surface area contributed by atoms with Crippen LogP contribution in [0, 0.1) is 10.1 Å². The van der Waals surface area contributed by atoms with E-state index in [-0.39, 0.29) is 16.9 Å². The van der Waals surface area contributed by atoms with Crippen LogP contribution in [-0.4, -0.2) is 15.8 Å². The van der Waals surface area contributed by atoms with Crippen molar-refractivity contribution in [1.82, 2.24) is 4.98 Å². The lowest BCUT2D eigenvalue weighted by molar-refractivity contribution is -0.384. The zero-order valence-corrected chi connectivity index (χ0v) is 9.31.